The zero-order valence-electron chi connectivity index (χ0n) is 10.8. The highest BCUT2D eigenvalue weighted by atomic mass is 16.7. The molecule has 5 heteroatoms. The number of methoxy groups -OCH3 is 1. The lowest BCUT2D eigenvalue weighted by Gasteiger charge is -2.04. The molecule has 5 nitrogen and oxygen atoms in total. The van der Waals surface area contributed by atoms with E-state index >= 15 is 0 Å². The number of aromatic nitrogens is 1. The Hall–Kier alpha value is -2.30. The van der Waals surface area contributed by atoms with Crippen molar-refractivity contribution in [2.75, 3.05) is 7.11 Å². The lowest BCUT2D eigenvalue weighted by Crippen LogP contribution is -2.22. The predicted octanol–water partition coefficient (Wildman–Crippen LogP) is 1.84. The second-order valence-electron chi connectivity index (χ2n) is 4.51. The van der Waals surface area contributed by atoms with Crippen LogP contribution in [0, 0.1) is 0 Å². The lowest BCUT2D eigenvalue weighted by atomic mass is 10.1. The van der Waals surface area contributed by atoms with Crippen LogP contribution in [0.3, 0.4) is 0 Å². The summed E-state index contributed by atoms with van der Waals surface area (Å²) in [5, 5.41) is 5.15. The van der Waals surface area contributed by atoms with Gasteiger partial charge in [0.2, 0.25) is 6.10 Å². The van der Waals surface area contributed by atoms with E-state index in [1.807, 2.05) is 31.3 Å². The zero-order valence-corrected chi connectivity index (χ0v) is 10.8. The molecule has 0 saturated carbocycles. The van der Waals surface area contributed by atoms with Gasteiger partial charge in [0, 0.05) is 24.4 Å². The molecule has 0 fully saturated rings. The Kier molecular flexibility index (Phi) is 2.74. The van der Waals surface area contributed by atoms with Crippen molar-refractivity contribution in [1.82, 2.24) is 4.57 Å². The van der Waals surface area contributed by atoms with E-state index in [0.29, 0.717) is 6.42 Å². The van der Waals surface area contributed by atoms with Crippen molar-refractivity contribution in [3.8, 4) is 0 Å². The average Bonchev–Trinajstić information content (AvgIpc) is 3.04. The molecule has 0 radical (unpaired) electrons. The van der Waals surface area contributed by atoms with Crippen LogP contribution in [-0.2, 0) is 21.4 Å². The van der Waals surface area contributed by atoms with Crippen molar-refractivity contribution in [3.05, 3.63) is 36.0 Å². The van der Waals surface area contributed by atoms with Gasteiger partial charge in [-0.3, -0.25) is 0 Å². The summed E-state index contributed by atoms with van der Waals surface area (Å²) in [6.07, 6.45) is -0.186. The molecule has 2 heterocycles. The first kappa shape index (κ1) is 11.8. The number of hydrogen-bond donors (Lipinski definition) is 0. The second kappa shape index (κ2) is 4.42. The molecule has 1 aromatic heterocycles. The van der Waals surface area contributed by atoms with Gasteiger partial charge in [-0.15, -0.1) is 0 Å². The number of hydrogen-bond acceptors (Lipinski definition) is 4. The van der Waals surface area contributed by atoms with Gasteiger partial charge in [0.1, 0.15) is 5.71 Å². The predicted molar refractivity (Wildman–Crippen MR) is 71.0 cm³/mol. The molecule has 0 amide bonds. The SMILES string of the molecule is COC(=O)C1CC(c2cc3ccccc3n2C)=NO1. The summed E-state index contributed by atoms with van der Waals surface area (Å²) >= 11 is 0. The van der Waals surface area contributed by atoms with Gasteiger partial charge in [-0.05, 0) is 12.1 Å². The summed E-state index contributed by atoms with van der Waals surface area (Å²) in [7, 11) is 3.33. The Morgan fingerprint density at radius 3 is 3.00 bits per heavy atom. The van der Waals surface area contributed by atoms with Crippen molar-refractivity contribution in [3.63, 3.8) is 0 Å². The number of carbonyl (C=O) groups is 1. The Morgan fingerprint density at radius 2 is 2.26 bits per heavy atom. The molecule has 0 aliphatic carbocycles. The molecule has 1 unspecified atom stereocenters. The summed E-state index contributed by atoms with van der Waals surface area (Å²) in [5.74, 6) is -0.391. The van der Waals surface area contributed by atoms with Gasteiger partial charge in [0.15, 0.2) is 0 Å². The summed E-state index contributed by atoms with van der Waals surface area (Å²) in [6.45, 7) is 0. The lowest BCUT2D eigenvalue weighted by molar-refractivity contribution is -0.152. The average molecular weight is 258 g/mol. The first-order valence-corrected chi connectivity index (χ1v) is 6.06. The Morgan fingerprint density at radius 1 is 1.47 bits per heavy atom. The highest BCUT2D eigenvalue weighted by molar-refractivity contribution is 6.05. The number of oxime groups is 1. The number of benzene rings is 1. The molecule has 0 N–H and O–H groups in total. The molecule has 1 aliphatic rings. The fraction of sp³-hybridized carbons (Fsp3) is 0.286. The van der Waals surface area contributed by atoms with Crippen LogP contribution < -0.4 is 0 Å². The van der Waals surface area contributed by atoms with Gasteiger partial charge in [0.25, 0.3) is 0 Å². The zero-order chi connectivity index (χ0) is 13.4. The topological polar surface area (TPSA) is 52.8 Å². The van der Waals surface area contributed by atoms with Crippen molar-refractivity contribution in [1.29, 1.82) is 0 Å². The third-order valence-corrected chi connectivity index (χ3v) is 3.38. The Balaban J connectivity index is 1.94. The van der Waals surface area contributed by atoms with Gasteiger partial charge in [-0.25, -0.2) is 4.79 Å². The largest absolute Gasteiger partial charge is 0.466 e. The summed E-state index contributed by atoms with van der Waals surface area (Å²) < 4.78 is 6.72. The van der Waals surface area contributed by atoms with Crippen molar-refractivity contribution in [2.24, 2.45) is 12.2 Å². The van der Waals surface area contributed by atoms with E-state index in [2.05, 4.69) is 20.5 Å². The van der Waals surface area contributed by atoms with E-state index in [1.54, 1.807) is 0 Å². The normalized spacial score (nSPS) is 18.2. The first-order valence-electron chi connectivity index (χ1n) is 6.06. The number of aryl methyl sites for hydroxylation is 1. The molecule has 0 bridgehead atoms. The van der Waals surface area contributed by atoms with E-state index in [0.717, 1.165) is 22.3 Å². The van der Waals surface area contributed by atoms with Crippen LogP contribution in [0.4, 0.5) is 0 Å². The molecule has 98 valence electrons. The fourth-order valence-corrected chi connectivity index (χ4v) is 2.35. The third kappa shape index (κ3) is 1.87. The third-order valence-electron chi connectivity index (χ3n) is 3.38. The number of esters is 1. The molecule has 0 spiro atoms. The molecule has 1 atom stereocenters. The van der Waals surface area contributed by atoms with Crippen LogP contribution >= 0.6 is 0 Å². The van der Waals surface area contributed by atoms with Crippen LogP contribution in [0.2, 0.25) is 0 Å². The molecule has 1 aliphatic heterocycles. The van der Waals surface area contributed by atoms with E-state index in [1.165, 1.54) is 7.11 Å². The molecule has 1 aromatic carbocycles. The highest BCUT2D eigenvalue weighted by Crippen LogP contribution is 2.23. The van der Waals surface area contributed by atoms with Crippen LogP contribution in [0.1, 0.15) is 12.1 Å². The van der Waals surface area contributed by atoms with Gasteiger partial charge in [-0.1, -0.05) is 23.4 Å². The summed E-state index contributed by atoms with van der Waals surface area (Å²) in [5.41, 5.74) is 2.86. The monoisotopic (exact) mass is 258 g/mol. The van der Waals surface area contributed by atoms with Gasteiger partial charge < -0.3 is 14.1 Å². The first-order chi connectivity index (χ1) is 9.20. The highest BCUT2D eigenvalue weighted by Gasteiger charge is 2.30. The second-order valence-corrected chi connectivity index (χ2v) is 4.51. The Labute approximate surface area is 110 Å². The van der Waals surface area contributed by atoms with Crippen molar-refractivity contribution in [2.45, 2.75) is 12.5 Å². The minimum absolute atomic E-state index is 0.391. The molecular weight excluding hydrogens is 244 g/mol. The minimum atomic E-state index is -0.627. The number of nitrogens with zero attached hydrogens (tertiary/aromatic N) is 2. The maximum Gasteiger partial charge on any atom is 0.350 e. The molecule has 0 saturated heterocycles. The number of carbonyl (C=O) groups excluding carboxylic acids is 1. The number of fused-ring (bicyclic) bond motifs is 1. The number of para-hydroxylation sites is 1. The van der Waals surface area contributed by atoms with Gasteiger partial charge >= 0.3 is 5.97 Å². The van der Waals surface area contributed by atoms with Crippen LogP contribution in [-0.4, -0.2) is 29.5 Å². The molecular formula is C14H14N2O3. The number of rotatable bonds is 2. The molecule has 19 heavy (non-hydrogen) atoms. The maximum atomic E-state index is 11.4. The van der Waals surface area contributed by atoms with E-state index < -0.39 is 12.1 Å². The quantitative estimate of drug-likeness (QED) is 0.772. The van der Waals surface area contributed by atoms with Crippen LogP contribution in [0.25, 0.3) is 10.9 Å². The van der Waals surface area contributed by atoms with Crippen molar-refractivity contribution < 1.29 is 14.4 Å². The summed E-state index contributed by atoms with van der Waals surface area (Å²) in [4.78, 5) is 16.5. The smallest absolute Gasteiger partial charge is 0.350 e. The van der Waals surface area contributed by atoms with E-state index in [9.17, 15) is 4.79 Å². The van der Waals surface area contributed by atoms with E-state index in [4.69, 9.17) is 4.84 Å². The Bertz CT molecular complexity index is 672. The molecule has 3 rings (SSSR count). The minimum Gasteiger partial charge on any atom is -0.466 e. The number of ether oxygens (including phenoxy) is 1. The maximum absolute atomic E-state index is 11.4. The van der Waals surface area contributed by atoms with Gasteiger partial charge in [0.05, 0.1) is 12.8 Å². The van der Waals surface area contributed by atoms with E-state index in [-0.39, 0.29) is 0 Å². The van der Waals surface area contributed by atoms with Crippen LogP contribution in [0.5, 0.6) is 0 Å². The standard InChI is InChI=1S/C14H14N2O3/c1-16-11-6-4-3-5-9(11)7-12(16)10-8-13(19-15-10)14(17)18-2/h3-7,13H,8H2,1-2H3. The van der Waals surface area contributed by atoms with Crippen LogP contribution in [0.15, 0.2) is 35.5 Å². The summed E-state index contributed by atoms with van der Waals surface area (Å²) in [6, 6.07) is 10.1. The molecule has 2 aromatic rings. The fourth-order valence-electron chi connectivity index (χ4n) is 2.35. The van der Waals surface area contributed by atoms with Crippen molar-refractivity contribution >= 4 is 22.6 Å². The van der Waals surface area contributed by atoms with Gasteiger partial charge in [-0.2, -0.15) is 0 Å².